The molecule has 0 aliphatic rings. The highest BCUT2D eigenvalue weighted by Crippen LogP contribution is 2.17. The molecule has 0 aliphatic carbocycles. The van der Waals surface area contributed by atoms with E-state index in [4.69, 9.17) is 11.6 Å². The molecule has 0 spiro atoms. The average molecular weight is 326 g/mol. The third kappa shape index (κ3) is 4.19. The Hall–Kier alpha value is -0.460. The number of hydrogen-bond acceptors (Lipinski definition) is 3. The van der Waals surface area contributed by atoms with Gasteiger partial charge < -0.3 is 5.32 Å². The van der Waals surface area contributed by atoms with Gasteiger partial charge in [-0.2, -0.15) is 0 Å². The van der Waals surface area contributed by atoms with E-state index in [-0.39, 0.29) is 11.1 Å². The number of nitrogens with one attached hydrogen (secondary N) is 1. The molecule has 0 saturated carbocycles. The van der Waals surface area contributed by atoms with Gasteiger partial charge in [-0.05, 0) is 22.0 Å². The summed E-state index contributed by atoms with van der Waals surface area (Å²) in [5.74, 6) is 0.106. The summed E-state index contributed by atoms with van der Waals surface area (Å²) in [7, 11) is -0.921. The maximum atomic E-state index is 11.6. The molecule has 0 fully saturated rings. The van der Waals surface area contributed by atoms with E-state index >= 15 is 0 Å². The van der Waals surface area contributed by atoms with Crippen LogP contribution in [0.3, 0.4) is 0 Å². The molecule has 0 aromatic carbocycles. The van der Waals surface area contributed by atoms with Crippen LogP contribution < -0.4 is 5.32 Å². The van der Waals surface area contributed by atoms with Crippen LogP contribution in [-0.2, 0) is 10.8 Å². The van der Waals surface area contributed by atoms with Gasteiger partial charge in [0, 0.05) is 40.0 Å². The Balaban J connectivity index is 2.65. The molecule has 1 heterocycles. The zero-order valence-corrected chi connectivity index (χ0v) is 11.7. The van der Waals surface area contributed by atoms with Gasteiger partial charge in [-0.15, -0.1) is 0 Å². The molecular formula is C9H10BrClN2O2S. The normalized spacial score (nSPS) is 12.2. The number of hydrogen-bond donors (Lipinski definition) is 1. The maximum absolute atomic E-state index is 11.6. The second kappa shape index (κ2) is 6.32. The summed E-state index contributed by atoms with van der Waals surface area (Å²) in [4.78, 5) is 15.5. The monoisotopic (exact) mass is 324 g/mol. The summed E-state index contributed by atoms with van der Waals surface area (Å²) in [6, 6.07) is 1.59. The summed E-state index contributed by atoms with van der Waals surface area (Å²) < 4.78 is 11.5. The number of carbonyl (C=O) groups is 1. The van der Waals surface area contributed by atoms with Crippen LogP contribution in [0.4, 0.5) is 0 Å². The molecule has 88 valence electrons. The predicted molar refractivity (Wildman–Crippen MR) is 68.2 cm³/mol. The molecule has 7 heteroatoms. The van der Waals surface area contributed by atoms with Crippen LogP contribution in [0.5, 0.6) is 0 Å². The van der Waals surface area contributed by atoms with Crippen LogP contribution in [-0.4, -0.2) is 33.7 Å². The Bertz CT molecular complexity index is 428. The largest absolute Gasteiger partial charge is 0.351 e. The molecular weight excluding hydrogens is 316 g/mol. The molecule has 0 radical (unpaired) electrons. The third-order valence-corrected chi connectivity index (χ3v) is 3.24. The number of halogens is 2. The van der Waals surface area contributed by atoms with Gasteiger partial charge in [0.25, 0.3) is 5.91 Å². The number of rotatable bonds is 4. The van der Waals surface area contributed by atoms with E-state index in [1.807, 2.05) is 0 Å². The minimum Gasteiger partial charge on any atom is -0.351 e. The maximum Gasteiger partial charge on any atom is 0.254 e. The molecule has 16 heavy (non-hydrogen) atoms. The zero-order valence-electron chi connectivity index (χ0n) is 8.50. The smallest absolute Gasteiger partial charge is 0.254 e. The zero-order chi connectivity index (χ0) is 12.1. The van der Waals surface area contributed by atoms with Gasteiger partial charge >= 0.3 is 0 Å². The lowest BCUT2D eigenvalue weighted by Crippen LogP contribution is -2.27. The summed E-state index contributed by atoms with van der Waals surface area (Å²) in [6.07, 6.45) is 3.10. The van der Waals surface area contributed by atoms with Crippen molar-refractivity contribution in [1.29, 1.82) is 0 Å². The van der Waals surface area contributed by atoms with Gasteiger partial charge in [0.2, 0.25) is 0 Å². The minimum atomic E-state index is -0.921. The van der Waals surface area contributed by atoms with Crippen LogP contribution in [0.1, 0.15) is 10.4 Å². The van der Waals surface area contributed by atoms with Crippen molar-refractivity contribution in [3.8, 4) is 0 Å². The van der Waals surface area contributed by atoms with E-state index in [0.717, 1.165) is 0 Å². The highest BCUT2D eigenvalue weighted by molar-refractivity contribution is 9.10. The number of nitrogens with zero attached hydrogens (tertiary/aromatic N) is 1. The molecule has 0 aliphatic heterocycles. The number of carbonyl (C=O) groups excluding carboxylic acids is 1. The summed E-state index contributed by atoms with van der Waals surface area (Å²) >= 11 is 8.99. The van der Waals surface area contributed by atoms with E-state index in [2.05, 4.69) is 26.2 Å². The first-order chi connectivity index (χ1) is 7.50. The van der Waals surface area contributed by atoms with Crippen LogP contribution in [0.2, 0.25) is 5.15 Å². The highest BCUT2D eigenvalue weighted by atomic mass is 79.9. The lowest BCUT2D eigenvalue weighted by Gasteiger charge is -2.05. The van der Waals surface area contributed by atoms with Crippen molar-refractivity contribution in [2.24, 2.45) is 0 Å². The summed E-state index contributed by atoms with van der Waals surface area (Å²) in [6.45, 7) is 0.352. The van der Waals surface area contributed by atoms with Crippen LogP contribution >= 0.6 is 27.5 Å². The number of aromatic nitrogens is 1. The standard InChI is InChI=1S/C9H10BrClN2O2S/c1-16(15)3-2-12-9(14)7-4-6(10)5-13-8(7)11/h4-5H,2-3H2,1H3,(H,12,14). The predicted octanol–water partition coefficient (Wildman–Crippen LogP) is 1.61. The first kappa shape index (κ1) is 13.6. The van der Waals surface area contributed by atoms with Crippen molar-refractivity contribution in [1.82, 2.24) is 10.3 Å². The summed E-state index contributed by atoms with van der Waals surface area (Å²) in [5, 5.41) is 2.77. The van der Waals surface area contributed by atoms with E-state index in [1.165, 1.54) is 6.20 Å². The molecule has 1 N–H and O–H groups in total. The van der Waals surface area contributed by atoms with Gasteiger partial charge in [0.05, 0.1) is 5.56 Å². The number of pyridine rings is 1. The Morgan fingerprint density at radius 2 is 2.38 bits per heavy atom. The molecule has 0 saturated heterocycles. The highest BCUT2D eigenvalue weighted by Gasteiger charge is 2.11. The first-order valence-corrected chi connectivity index (χ1v) is 7.30. The molecule has 0 bridgehead atoms. The molecule has 1 rings (SSSR count). The van der Waals surface area contributed by atoms with Crippen LogP contribution in [0, 0.1) is 0 Å². The molecule has 1 aromatic rings. The summed E-state index contributed by atoms with van der Waals surface area (Å²) in [5.41, 5.74) is 0.304. The first-order valence-electron chi connectivity index (χ1n) is 4.40. The Kier molecular flexibility index (Phi) is 5.37. The van der Waals surface area contributed by atoms with Crippen molar-refractivity contribution in [2.75, 3.05) is 18.6 Å². The fourth-order valence-corrected chi connectivity index (χ4v) is 1.90. The van der Waals surface area contributed by atoms with Crippen molar-refractivity contribution >= 4 is 44.2 Å². The topological polar surface area (TPSA) is 59.1 Å². The molecule has 1 unspecified atom stereocenters. The van der Waals surface area contributed by atoms with Crippen LogP contribution in [0.15, 0.2) is 16.7 Å². The quantitative estimate of drug-likeness (QED) is 0.856. The Morgan fingerprint density at radius 3 is 3.00 bits per heavy atom. The van der Waals surface area contributed by atoms with Crippen molar-refractivity contribution in [2.45, 2.75) is 0 Å². The minimum absolute atomic E-state index is 0.151. The van der Waals surface area contributed by atoms with Gasteiger partial charge in [0.1, 0.15) is 5.15 Å². The average Bonchev–Trinajstić information content (AvgIpc) is 2.21. The van der Waals surface area contributed by atoms with Gasteiger partial charge in [0.15, 0.2) is 0 Å². The molecule has 4 nitrogen and oxygen atoms in total. The van der Waals surface area contributed by atoms with E-state index in [1.54, 1.807) is 12.3 Å². The van der Waals surface area contributed by atoms with Crippen molar-refractivity contribution in [3.05, 3.63) is 27.5 Å². The SMILES string of the molecule is CS(=O)CCNC(=O)c1cc(Br)cnc1Cl. The third-order valence-electron chi connectivity index (χ3n) is 1.73. The molecule has 1 amide bonds. The Morgan fingerprint density at radius 1 is 1.69 bits per heavy atom. The van der Waals surface area contributed by atoms with Crippen molar-refractivity contribution < 1.29 is 9.00 Å². The second-order valence-electron chi connectivity index (χ2n) is 3.03. The van der Waals surface area contributed by atoms with Gasteiger partial charge in [-0.1, -0.05) is 11.6 Å². The van der Waals surface area contributed by atoms with E-state index < -0.39 is 10.8 Å². The number of amides is 1. The van der Waals surface area contributed by atoms with Gasteiger partial charge in [-0.25, -0.2) is 4.98 Å². The van der Waals surface area contributed by atoms with Crippen molar-refractivity contribution in [3.63, 3.8) is 0 Å². The van der Waals surface area contributed by atoms with Gasteiger partial charge in [-0.3, -0.25) is 9.00 Å². The fraction of sp³-hybridized carbons (Fsp3) is 0.333. The van der Waals surface area contributed by atoms with Crippen LogP contribution in [0.25, 0.3) is 0 Å². The second-order valence-corrected chi connectivity index (χ2v) is 5.85. The lowest BCUT2D eigenvalue weighted by atomic mass is 10.3. The lowest BCUT2D eigenvalue weighted by molar-refractivity contribution is 0.0956. The molecule has 1 aromatic heterocycles. The Labute approximate surface area is 109 Å². The van der Waals surface area contributed by atoms with E-state index in [0.29, 0.717) is 22.3 Å². The van der Waals surface area contributed by atoms with E-state index in [9.17, 15) is 9.00 Å². The fourth-order valence-electron chi connectivity index (χ4n) is 0.985. The molecule has 1 atom stereocenters.